The van der Waals surface area contributed by atoms with Gasteiger partial charge in [-0.05, 0) is 54.8 Å². The van der Waals surface area contributed by atoms with Gasteiger partial charge in [0, 0.05) is 5.57 Å². The predicted molar refractivity (Wildman–Crippen MR) is 96.2 cm³/mol. The van der Waals surface area contributed by atoms with E-state index < -0.39 is 5.97 Å². The Balaban J connectivity index is 0.00000288. The van der Waals surface area contributed by atoms with Crippen molar-refractivity contribution in [2.75, 3.05) is 6.61 Å². The van der Waals surface area contributed by atoms with Gasteiger partial charge in [-0.1, -0.05) is 37.4 Å². The van der Waals surface area contributed by atoms with Crippen molar-refractivity contribution in [3.63, 3.8) is 0 Å². The van der Waals surface area contributed by atoms with Crippen LogP contribution in [0.4, 0.5) is 0 Å². The van der Waals surface area contributed by atoms with Crippen LogP contribution in [0.15, 0.2) is 72.8 Å². The molecule has 2 aromatic rings. The number of carbonyl (C=O) groups is 1. The summed E-state index contributed by atoms with van der Waals surface area (Å²) >= 11 is 0. The fourth-order valence-electron chi connectivity index (χ4n) is 1.86. The highest BCUT2D eigenvalue weighted by molar-refractivity contribution is 5.88. The standard InChI is InChI=1S/C20H20O3.H2O/c1-14(2)13-22-18-9-5-16(6-10-18)17-7-11-19(12-8-17)23-20(21)15(3)4;/h5-12H,1,3,13H2,2,4H3;1H2. The Morgan fingerprint density at radius 2 is 1.33 bits per heavy atom. The van der Waals surface area contributed by atoms with Crippen molar-refractivity contribution in [3.05, 3.63) is 72.8 Å². The van der Waals surface area contributed by atoms with Gasteiger partial charge in [-0.15, -0.1) is 0 Å². The van der Waals surface area contributed by atoms with Gasteiger partial charge in [0.15, 0.2) is 0 Å². The molecule has 0 radical (unpaired) electrons. The lowest BCUT2D eigenvalue weighted by Crippen LogP contribution is -2.07. The molecule has 2 rings (SSSR count). The second-order valence-corrected chi connectivity index (χ2v) is 5.46. The Bertz CT molecular complexity index is 712. The van der Waals surface area contributed by atoms with Crippen molar-refractivity contribution < 1.29 is 19.7 Å². The largest absolute Gasteiger partial charge is 0.489 e. The smallest absolute Gasteiger partial charge is 0.338 e. The first-order chi connectivity index (χ1) is 11.0. The van der Waals surface area contributed by atoms with Crippen LogP contribution >= 0.6 is 0 Å². The van der Waals surface area contributed by atoms with E-state index in [-0.39, 0.29) is 5.48 Å². The second kappa shape index (κ2) is 8.70. The molecule has 0 unspecified atom stereocenters. The topological polar surface area (TPSA) is 67.0 Å². The fraction of sp³-hybridized carbons (Fsp3) is 0.150. The highest BCUT2D eigenvalue weighted by Crippen LogP contribution is 2.25. The summed E-state index contributed by atoms with van der Waals surface area (Å²) in [6.07, 6.45) is 0. The molecule has 0 saturated carbocycles. The predicted octanol–water partition coefficient (Wildman–Crippen LogP) is 3.97. The molecule has 0 spiro atoms. The third-order valence-corrected chi connectivity index (χ3v) is 3.09. The zero-order valence-corrected chi connectivity index (χ0v) is 14.0. The van der Waals surface area contributed by atoms with Crippen LogP contribution in [0.2, 0.25) is 0 Å². The molecule has 2 aromatic carbocycles. The van der Waals surface area contributed by atoms with E-state index in [1.807, 2.05) is 43.3 Å². The lowest BCUT2D eigenvalue weighted by atomic mass is 10.1. The summed E-state index contributed by atoms with van der Waals surface area (Å²) in [5.41, 5.74) is 3.45. The van der Waals surface area contributed by atoms with Gasteiger partial charge in [0.05, 0.1) is 0 Å². The van der Waals surface area contributed by atoms with Gasteiger partial charge < -0.3 is 14.9 Å². The van der Waals surface area contributed by atoms with Crippen LogP contribution in [0.1, 0.15) is 13.8 Å². The summed E-state index contributed by atoms with van der Waals surface area (Å²) < 4.78 is 10.8. The van der Waals surface area contributed by atoms with E-state index in [1.165, 1.54) is 0 Å². The molecule has 0 bridgehead atoms. The maximum atomic E-state index is 11.5. The van der Waals surface area contributed by atoms with Crippen LogP contribution in [0, 0.1) is 0 Å². The molecule has 0 amide bonds. The van der Waals surface area contributed by atoms with Gasteiger partial charge in [-0.25, -0.2) is 4.79 Å². The number of rotatable bonds is 6. The Morgan fingerprint density at radius 1 is 0.875 bits per heavy atom. The molecule has 0 saturated heterocycles. The summed E-state index contributed by atoms with van der Waals surface area (Å²) in [7, 11) is 0. The van der Waals surface area contributed by atoms with Gasteiger partial charge in [0.25, 0.3) is 0 Å². The van der Waals surface area contributed by atoms with Gasteiger partial charge in [0.2, 0.25) is 0 Å². The average molecular weight is 326 g/mol. The maximum Gasteiger partial charge on any atom is 0.338 e. The second-order valence-electron chi connectivity index (χ2n) is 5.46. The lowest BCUT2D eigenvalue weighted by Gasteiger charge is -2.08. The molecule has 24 heavy (non-hydrogen) atoms. The quantitative estimate of drug-likeness (QED) is 0.349. The van der Waals surface area contributed by atoms with E-state index in [2.05, 4.69) is 13.2 Å². The first kappa shape index (κ1) is 19.2. The summed E-state index contributed by atoms with van der Waals surface area (Å²) in [5, 5.41) is 0. The summed E-state index contributed by atoms with van der Waals surface area (Å²) in [5.74, 6) is 0.892. The van der Waals surface area contributed by atoms with Gasteiger partial charge >= 0.3 is 5.97 Å². The molecular formula is C20H22O4. The van der Waals surface area contributed by atoms with Crippen molar-refractivity contribution in [1.82, 2.24) is 0 Å². The molecule has 0 aliphatic heterocycles. The van der Waals surface area contributed by atoms with Crippen LogP contribution in [-0.4, -0.2) is 18.1 Å². The molecule has 4 heteroatoms. The number of esters is 1. The van der Waals surface area contributed by atoms with E-state index in [4.69, 9.17) is 9.47 Å². The van der Waals surface area contributed by atoms with Crippen LogP contribution in [0.25, 0.3) is 11.1 Å². The van der Waals surface area contributed by atoms with Gasteiger partial charge in [-0.2, -0.15) is 0 Å². The zero-order valence-electron chi connectivity index (χ0n) is 14.0. The highest BCUT2D eigenvalue weighted by Gasteiger charge is 2.05. The summed E-state index contributed by atoms with van der Waals surface area (Å²) in [6, 6.07) is 15.2. The third kappa shape index (κ3) is 5.41. The Kier molecular flexibility index (Phi) is 6.96. The van der Waals surface area contributed by atoms with Crippen LogP contribution < -0.4 is 9.47 Å². The van der Waals surface area contributed by atoms with Crippen molar-refractivity contribution in [2.45, 2.75) is 13.8 Å². The number of hydrogen-bond acceptors (Lipinski definition) is 3. The molecule has 0 fully saturated rings. The first-order valence-electron chi connectivity index (χ1n) is 7.31. The maximum absolute atomic E-state index is 11.5. The van der Waals surface area contributed by atoms with Gasteiger partial charge in [0.1, 0.15) is 18.1 Å². The van der Waals surface area contributed by atoms with Crippen molar-refractivity contribution in [3.8, 4) is 22.6 Å². The number of benzene rings is 2. The Labute approximate surface area is 142 Å². The minimum atomic E-state index is -0.420. The number of hydrogen-bond donors (Lipinski definition) is 0. The minimum absolute atomic E-state index is 0. The molecule has 0 aliphatic carbocycles. The van der Waals surface area contributed by atoms with Crippen molar-refractivity contribution >= 4 is 5.97 Å². The van der Waals surface area contributed by atoms with Crippen molar-refractivity contribution in [2.24, 2.45) is 0 Å². The molecule has 126 valence electrons. The average Bonchev–Trinajstić information content (AvgIpc) is 2.54. The summed E-state index contributed by atoms with van der Waals surface area (Å²) in [6.45, 7) is 11.4. The molecule has 0 aromatic heterocycles. The van der Waals surface area contributed by atoms with E-state index in [0.29, 0.717) is 17.9 Å². The monoisotopic (exact) mass is 326 g/mol. The van der Waals surface area contributed by atoms with E-state index in [1.54, 1.807) is 19.1 Å². The Hall–Kier alpha value is -2.85. The molecular weight excluding hydrogens is 304 g/mol. The lowest BCUT2D eigenvalue weighted by molar-refractivity contribution is -0.130. The molecule has 0 aliphatic rings. The molecule has 0 atom stereocenters. The Morgan fingerprint density at radius 3 is 1.75 bits per heavy atom. The van der Waals surface area contributed by atoms with E-state index in [0.717, 1.165) is 22.4 Å². The van der Waals surface area contributed by atoms with E-state index >= 15 is 0 Å². The molecule has 2 N–H and O–H groups in total. The molecule has 4 nitrogen and oxygen atoms in total. The molecule has 0 heterocycles. The third-order valence-electron chi connectivity index (χ3n) is 3.09. The van der Waals surface area contributed by atoms with E-state index in [9.17, 15) is 4.79 Å². The fourth-order valence-corrected chi connectivity index (χ4v) is 1.86. The zero-order chi connectivity index (χ0) is 16.8. The SMILES string of the molecule is C=C(C)COc1ccc(-c2ccc(OC(=O)C(=C)C)cc2)cc1.O. The van der Waals surface area contributed by atoms with Crippen LogP contribution in [0.5, 0.6) is 11.5 Å². The normalized spacial score (nSPS) is 9.58. The summed E-state index contributed by atoms with van der Waals surface area (Å²) in [4.78, 5) is 11.5. The minimum Gasteiger partial charge on any atom is -0.489 e. The number of ether oxygens (including phenoxy) is 2. The first-order valence-corrected chi connectivity index (χ1v) is 7.31. The van der Waals surface area contributed by atoms with Crippen LogP contribution in [0.3, 0.4) is 0 Å². The number of carbonyl (C=O) groups excluding carboxylic acids is 1. The highest BCUT2D eigenvalue weighted by atomic mass is 16.5. The van der Waals surface area contributed by atoms with Crippen molar-refractivity contribution in [1.29, 1.82) is 0 Å². The van der Waals surface area contributed by atoms with Gasteiger partial charge in [-0.3, -0.25) is 0 Å². The van der Waals surface area contributed by atoms with Crippen LogP contribution in [-0.2, 0) is 4.79 Å².